The van der Waals surface area contributed by atoms with Gasteiger partial charge in [0.25, 0.3) is 0 Å². The van der Waals surface area contributed by atoms with Crippen LogP contribution in [0.2, 0.25) is 0 Å². The van der Waals surface area contributed by atoms with Gasteiger partial charge >= 0.3 is 0 Å². The van der Waals surface area contributed by atoms with E-state index in [2.05, 4.69) is 60.0 Å². The summed E-state index contributed by atoms with van der Waals surface area (Å²) in [5, 5.41) is 0. The van der Waals surface area contributed by atoms with Gasteiger partial charge in [0.15, 0.2) is 0 Å². The molecule has 4 rings (SSSR count). The van der Waals surface area contributed by atoms with Crippen LogP contribution in [0.25, 0.3) is 0 Å². The normalized spacial score (nSPS) is 29.7. The van der Waals surface area contributed by atoms with E-state index in [9.17, 15) is 4.79 Å². The maximum absolute atomic E-state index is 12.9. The monoisotopic (exact) mass is 355 g/mol. The molecular formula is C22H33N3O. The van der Waals surface area contributed by atoms with Crippen LogP contribution in [0.15, 0.2) is 24.3 Å². The van der Waals surface area contributed by atoms with Crippen LogP contribution < -0.4 is 0 Å². The fraction of sp³-hybridized carbons (Fsp3) is 0.682. The molecular weight excluding hydrogens is 322 g/mol. The summed E-state index contributed by atoms with van der Waals surface area (Å²) in [6.45, 7) is 5.77. The van der Waals surface area contributed by atoms with Crippen LogP contribution >= 0.6 is 0 Å². The van der Waals surface area contributed by atoms with Gasteiger partial charge in [-0.3, -0.25) is 14.6 Å². The zero-order valence-corrected chi connectivity index (χ0v) is 16.5. The molecule has 2 saturated heterocycles. The van der Waals surface area contributed by atoms with Crippen molar-refractivity contribution < 1.29 is 4.79 Å². The maximum atomic E-state index is 12.9. The largest absolute Gasteiger partial charge is 0.341 e. The van der Waals surface area contributed by atoms with Gasteiger partial charge in [-0.2, -0.15) is 0 Å². The van der Waals surface area contributed by atoms with Crippen LogP contribution in [-0.2, 0) is 4.79 Å². The van der Waals surface area contributed by atoms with Crippen molar-refractivity contribution in [3.05, 3.63) is 35.4 Å². The van der Waals surface area contributed by atoms with Gasteiger partial charge in [-0.15, -0.1) is 0 Å². The van der Waals surface area contributed by atoms with Gasteiger partial charge in [0, 0.05) is 37.6 Å². The Morgan fingerprint density at radius 1 is 1.15 bits per heavy atom. The Kier molecular flexibility index (Phi) is 5.07. The molecule has 0 bridgehead atoms. The highest BCUT2D eigenvalue weighted by Crippen LogP contribution is 2.44. The van der Waals surface area contributed by atoms with Crippen molar-refractivity contribution in [3.63, 3.8) is 0 Å². The third-order valence-corrected chi connectivity index (χ3v) is 7.09. The molecule has 1 aliphatic carbocycles. The number of amides is 1. The molecule has 3 atom stereocenters. The number of benzene rings is 1. The quantitative estimate of drug-likeness (QED) is 0.831. The Morgan fingerprint density at radius 2 is 1.88 bits per heavy atom. The van der Waals surface area contributed by atoms with E-state index in [0.29, 0.717) is 36.4 Å². The molecule has 0 N–H and O–H groups in total. The minimum absolute atomic E-state index is 0.333. The second kappa shape index (κ2) is 7.32. The predicted molar refractivity (Wildman–Crippen MR) is 105 cm³/mol. The fourth-order valence-corrected chi connectivity index (χ4v) is 5.64. The summed E-state index contributed by atoms with van der Waals surface area (Å²) in [5.41, 5.74) is 2.82. The highest BCUT2D eigenvalue weighted by Gasteiger charge is 2.47. The first-order valence-electron chi connectivity index (χ1n) is 10.3. The topological polar surface area (TPSA) is 26.8 Å². The van der Waals surface area contributed by atoms with Crippen LogP contribution in [-0.4, -0.2) is 66.9 Å². The Hall–Kier alpha value is -1.39. The van der Waals surface area contributed by atoms with E-state index in [-0.39, 0.29) is 0 Å². The van der Waals surface area contributed by atoms with Crippen molar-refractivity contribution in [1.82, 2.24) is 14.7 Å². The Labute approximate surface area is 158 Å². The van der Waals surface area contributed by atoms with Gasteiger partial charge in [0.05, 0.1) is 6.54 Å². The van der Waals surface area contributed by atoms with Gasteiger partial charge in [0.2, 0.25) is 5.91 Å². The summed E-state index contributed by atoms with van der Waals surface area (Å²) in [6, 6.07) is 9.83. The number of aryl methyl sites for hydroxylation is 1. The molecule has 1 aromatic rings. The van der Waals surface area contributed by atoms with Gasteiger partial charge in [0.1, 0.15) is 0 Å². The molecule has 1 aromatic carbocycles. The number of likely N-dealkylation sites (tertiary alicyclic amines) is 2. The Morgan fingerprint density at radius 3 is 2.62 bits per heavy atom. The Bertz CT molecular complexity index is 655. The lowest BCUT2D eigenvalue weighted by atomic mass is 9.88. The number of hydrogen-bond donors (Lipinski definition) is 0. The van der Waals surface area contributed by atoms with Crippen LogP contribution in [0.3, 0.4) is 0 Å². The number of carbonyl (C=O) groups is 1. The first-order valence-corrected chi connectivity index (χ1v) is 10.3. The molecule has 0 aromatic heterocycles. The van der Waals surface area contributed by atoms with Crippen molar-refractivity contribution in [1.29, 1.82) is 0 Å². The standard InChI is InChI=1S/C22H33N3O/c1-16-8-4-7-11-19(16)22-20-14-25(13-17(20)12-24(22)3)21(26)15-23(2)18-9-5-6-10-18/h4,7-8,11,17-18,20,22H,5-6,9-10,12-15H2,1-3H3/t17-,20+,22+/m0/s1. The van der Waals surface area contributed by atoms with E-state index in [0.717, 1.165) is 19.6 Å². The fourth-order valence-electron chi connectivity index (χ4n) is 5.64. The minimum Gasteiger partial charge on any atom is -0.341 e. The molecule has 3 fully saturated rings. The number of carbonyl (C=O) groups excluding carboxylic acids is 1. The highest BCUT2D eigenvalue weighted by molar-refractivity contribution is 5.78. The summed E-state index contributed by atoms with van der Waals surface area (Å²) >= 11 is 0. The average Bonchev–Trinajstić information content (AvgIpc) is 3.31. The molecule has 2 heterocycles. The lowest BCUT2D eigenvalue weighted by Crippen LogP contribution is -2.42. The van der Waals surface area contributed by atoms with Crippen LogP contribution in [0.1, 0.15) is 42.9 Å². The third-order valence-electron chi connectivity index (χ3n) is 7.09. The first kappa shape index (κ1) is 18.0. The second-order valence-corrected chi connectivity index (χ2v) is 8.82. The van der Waals surface area contributed by atoms with Gasteiger partial charge in [-0.25, -0.2) is 0 Å². The molecule has 1 saturated carbocycles. The van der Waals surface area contributed by atoms with Crippen LogP contribution in [0.4, 0.5) is 0 Å². The summed E-state index contributed by atoms with van der Waals surface area (Å²) in [7, 11) is 4.38. The highest BCUT2D eigenvalue weighted by atomic mass is 16.2. The zero-order valence-electron chi connectivity index (χ0n) is 16.5. The summed E-state index contributed by atoms with van der Waals surface area (Å²) < 4.78 is 0. The Balaban J connectivity index is 1.42. The minimum atomic E-state index is 0.333. The summed E-state index contributed by atoms with van der Waals surface area (Å²) in [4.78, 5) is 19.9. The van der Waals surface area contributed by atoms with Gasteiger partial charge in [-0.05, 0) is 50.9 Å². The van der Waals surface area contributed by atoms with Crippen LogP contribution in [0, 0.1) is 18.8 Å². The predicted octanol–water partition coefficient (Wildman–Crippen LogP) is 2.93. The molecule has 3 aliphatic rings. The molecule has 26 heavy (non-hydrogen) atoms. The molecule has 0 radical (unpaired) electrons. The summed E-state index contributed by atoms with van der Waals surface area (Å²) in [5.74, 6) is 1.52. The van der Waals surface area contributed by atoms with E-state index in [4.69, 9.17) is 0 Å². The van der Waals surface area contributed by atoms with Crippen molar-refractivity contribution >= 4 is 5.91 Å². The molecule has 142 valence electrons. The summed E-state index contributed by atoms with van der Waals surface area (Å²) in [6.07, 6.45) is 5.16. The van der Waals surface area contributed by atoms with Crippen molar-refractivity contribution in [3.8, 4) is 0 Å². The molecule has 2 aliphatic heterocycles. The molecule has 0 unspecified atom stereocenters. The van der Waals surface area contributed by atoms with Crippen molar-refractivity contribution in [2.75, 3.05) is 40.3 Å². The molecule has 0 spiro atoms. The SMILES string of the molecule is Cc1ccccc1[C@@H]1[C@@H]2CN(C(=O)CN(C)C3CCCC3)C[C@@H]2CN1C. The lowest BCUT2D eigenvalue weighted by molar-refractivity contribution is -0.132. The molecule has 4 heteroatoms. The van der Waals surface area contributed by atoms with Gasteiger partial charge < -0.3 is 4.90 Å². The first-order chi connectivity index (χ1) is 12.5. The van der Waals surface area contributed by atoms with Crippen LogP contribution in [0.5, 0.6) is 0 Å². The maximum Gasteiger partial charge on any atom is 0.236 e. The third kappa shape index (κ3) is 3.29. The smallest absolute Gasteiger partial charge is 0.236 e. The van der Waals surface area contributed by atoms with E-state index in [1.54, 1.807) is 0 Å². The molecule has 4 nitrogen and oxygen atoms in total. The number of rotatable bonds is 4. The number of likely N-dealkylation sites (N-methyl/N-ethyl adjacent to an activating group) is 1. The zero-order chi connectivity index (χ0) is 18.3. The number of nitrogens with zero attached hydrogens (tertiary/aromatic N) is 3. The molecule has 1 amide bonds. The lowest BCUT2D eigenvalue weighted by Gasteiger charge is -2.29. The second-order valence-electron chi connectivity index (χ2n) is 8.82. The van der Waals surface area contributed by atoms with E-state index < -0.39 is 0 Å². The average molecular weight is 356 g/mol. The van der Waals surface area contributed by atoms with E-state index in [1.165, 1.54) is 36.8 Å². The van der Waals surface area contributed by atoms with Crippen molar-refractivity contribution in [2.45, 2.75) is 44.7 Å². The van der Waals surface area contributed by atoms with E-state index >= 15 is 0 Å². The number of fused-ring (bicyclic) bond motifs is 1. The van der Waals surface area contributed by atoms with Gasteiger partial charge in [-0.1, -0.05) is 37.1 Å². The number of hydrogen-bond acceptors (Lipinski definition) is 3. The van der Waals surface area contributed by atoms with Crippen molar-refractivity contribution in [2.24, 2.45) is 11.8 Å². The van der Waals surface area contributed by atoms with E-state index in [1.807, 2.05) is 0 Å².